The van der Waals surface area contributed by atoms with Crippen LogP contribution in [0, 0.1) is 12.8 Å². The normalized spacial score (nSPS) is 16.6. The predicted octanol–water partition coefficient (Wildman–Crippen LogP) is 2.07. The standard InChI is InChI=1S/C17H18N4O4S/c1-10-19-20-16(26-10)17(23)21-6-4-11(5-7-21)15(22)18-12-2-3-13-14(8-12)25-9-24-13/h2-3,8,11H,4-7,9H2,1H3,(H,18,22). The van der Waals surface area contributed by atoms with Gasteiger partial charge < -0.3 is 19.7 Å². The second kappa shape index (κ2) is 6.91. The topological polar surface area (TPSA) is 93.7 Å². The molecule has 9 heteroatoms. The highest BCUT2D eigenvalue weighted by Gasteiger charge is 2.29. The summed E-state index contributed by atoms with van der Waals surface area (Å²) < 4.78 is 10.6. The van der Waals surface area contributed by atoms with Gasteiger partial charge in [0, 0.05) is 30.8 Å². The lowest BCUT2D eigenvalue weighted by molar-refractivity contribution is -0.121. The van der Waals surface area contributed by atoms with E-state index in [1.807, 2.05) is 6.92 Å². The molecule has 1 fully saturated rings. The Labute approximate surface area is 154 Å². The van der Waals surface area contributed by atoms with E-state index >= 15 is 0 Å². The van der Waals surface area contributed by atoms with Crippen LogP contribution in [0.2, 0.25) is 0 Å². The molecule has 1 aromatic carbocycles. The fraction of sp³-hybridized carbons (Fsp3) is 0.412. The van der Waals surface area contributed by atoms with Gasteiger partial charge in [-0.2, -0.15) is 0 Å². The summed E-state index contributed by atoms with van der Waals surface area (Å²) in [7, 11) is 0. The number of hydrogen-bond acceptors (Lipinski definition) is 7. The number of anilines is 1. The number of amides is 2. The Morgan fingerprint density at radius 1 is 1.19 bits per heavy atom. The fourth-order valence-electron chi connectivity index (χ4n) is 3.08. The maximum Gasteiger partial charge on any atom is 0.284 e. The molecule has 1 aromatic heterocycles. The number of piperidine rings is 1. The molecule has 4 rings (SSSR count). The molecule has 1 N–H and O–H groups in total. The van der Waals surface area contributed by atoms with Gasteiger partial charge in [0.05, 0.1) is 0 Å². The molecule has 0 radical (unpaired) electrons. The number of benzene rings is 1. The molecule has 0 aliphatic carbocycles. The molecule has 1 saturated heterocycles. The molecule has 136 valence electrons. The highest BCUT2D eigenvalue weighted by molar-refractivity contribution is 7.13. The summed E-state index contributed by atoms with van der Waals surface area (Å²) in [6.07, 6.45) is 1.25. The van der Waals surface area contributed by atoms with Crippen LogP contribution in [-0.4, -0.2) is 46.8 Å². The van der Waals surface area contributed by atoms with Crippen LogP contribution < -0.4 is 14.8 Å². The monoisotopic (exact) mass is 374 g/mol. The molecule has 26 heavy (non-hydrogen) atoms. The van der Waals surface area contributed by atoms with Crippen molar-refractivity contribution in [1.82, 2.24) is 15.1 Å². The molecule has 2 aromatic rings. The van der Waals surface area contributed by atoms with E-state index in [-0.39, 0.29) is 24.5 Å². The molecule has 8 nitrogen and oxygen atoms in total. The van der Waals surface area contributed by atoms with Crippen molar-refractivity contribution in [2.24, 2.45) is 5.92 Å². The Balaban J connectivity index is 1.33. The summed E-state index contributed by atoms with van der Waals surface area (Å²) in [6.45, 7) is 3.10. The van der Waals surface area contributed by atoms with E-state index in [1.54, 1.807) is 23.1 Å². The average Bonchev–Trinajstić information content (AvgIpc) is 3.29. The third kappa shape index (κ3) is 3.34. The fourth-order valence-corrected chi connectivity index (χ4v) is 3.74. The van der Waals surface area contributed by atoms with Crippen LogP contribution >= 0.6 is 11.3 Å². The third-order valence-electron chi connectivity index (χ3n) is 4.50. The van der Waals surface area contributed by atoms with E-state index in [0.29, 0.717) is 48.1 Å². The van der Waals surface area contributed by atoms with Crippen molar-refractivity contribution >= 4 is 28.8 Å². The van der Waals surface area contributed by atoms with Gasteiger partial charge in [0.25, 0.3) is 5.91 Å². The Morgan fingerprint density at radius 2 is 1.96 bits per heavy atom. The number of aromatic nitrogens is 2. The van der Waals surface area contributed by atoms with Crippen molar-refractivity contribution in [2.75, 3.05) is 25.2 Å². The van der Waals surface area contributed by atoms with Gasteiger partial charge in [-0.25, -0.2) is 0 Å². The number of ether oxygens (including phenoxy) is 2. The minimum atomic E-state index is -0.124. The van der Waals surface area contributed by atoms with Crippen LogP contribution in [0.3, 0.4) is 0 Å². The molecule has 2 aliphatic rings. The molecule has 3 heterocycles. The smallest absolute Gasteiger partial charge is 0.284 e. The number of nitrogens with zero attached hydrogens (tertiary/aromatic N) is 3. The molecule has 0 spiro atoms. The number of carbonyl (C=O) groups excluding carboxylic acids is 2. The zero-order valence-electron chi connectivity index (χ0n) is 14.2. The molecular weight excluding hydrogens is 356 g/mol. The summed E-state index contributed by atoms with van der Waals surface area (Å²) >= 11 is 1.29. The molecule has 0 atom stereocenters. The second-order valence-corrected chi connectivity index (χ2v) is 7.43. The van der Waals surface area contributed by atoms with E-state index < -0.39 is 0 Å². The van der Waals surface area contributed by atoms with E-state index in [2.05, 4.69) is 15.5 Å². The minimum absolute atomic E-state index is 0.0391. The Hall–Kier alpha value is -2.68. The maximum atomic E-state index is 12.5. The van der Waals surface area contributed by atoms with E-state index in [4.69, 9.17) is 9.47 Å². The van der Waals surface area contributed by atoms with Crippen molar-refractivity contribution in [2.45, 2.75) is 19.8 Å². The third-order valence-corrected chi connectivity index (χ3v) is 5.33. The predicted molar refractivity (Wildman–Crippen MR) is 94.5 cm³/mol. The zero-order valence-corrected chi connectivity index (χ0v) is 15.0. The van der Waals surface area contributed by atoms with Crippen molar-refractivity contribution in [3.05, 3.63) is 28.2 Å². The van der Waals surface area contributed by atoms with Gasteiger partial charge >= 0.3 is 0 Å². The maximum absolute atomic E-state index is 12.5. The van der Waals surface area contributed by atoms with Crippen molar-refractivity contribution in [1.29, 1.82) is 0 Å². The highest BCUT2D eigenvalue weighted by Crippen LogP contribution is 2.34. The summed E-state index contributed by atoms with van der Waals surface area (Å²) in [5, 5.41) is 11.9. The van der Waals surface area contributed by atoms with Crippen molar-refractivity contribution < 1.29 is 19.1 Å². The van der Waals surface area contributed by atoms with Crippen molar-refractivity contribution in [3.8, 4) is 11.5 Å². The van der Waals surface area contributed by atoms with Gasteiger partial charge in [0.1, 0.15) is 5.01 Å². The number of fused-ring (bicyclic) bond motifs is 1. The Kier molecular flexibility index (Phi) is 4.46. The first kappa shape index (κ1) is 16.8. The lowest BCUT2D eigenvalue weighted by atomic mass is 9.95. The SMILES string of the molecule is Cc1nnc(C(=O)N2CCC(C(=O)Nc3ccc4c(c3)OCO4)CC2)s1. The summed E-state index contributed by atoms with van der Waals surface area (Å²) in [5.41, 5.74) is 0.682. The number of nitrogens with one attached hydrogen (secondary N) is 1. The number of aryl methyl sites for hydroxylation is 1. The molecule has 2 aliphatic heterocycles. The van der Waals surface area contributed by atoms with Gasteiger partial charge in [-0.15, -0.1) is 10.2 Å². The number of likely N-dealkylation sites (tertiary alicyclic amines) is 1. The molecule has 2 amide bonds. The highest BCUT2D eigenvalue weighted by atomic mass is 32.1. The summed E-state index contributed by atoms with van der Waals surface area (Å²) in [5.74, 6) is 1.05. The first-order valence-corrected chi connectivity index (χ1v) is 9.22. The van der Waals surface area contributed by atoms with Gasteiger partial charge in [0.2, 0.25) is 17.7 Å². The largest absolute Gasteiger partial charge is 0.454 e. The molecule has 0 unspecified atom stereocenters. The first-order valence-electron chi connectivity index (χ1n) is 8.40. The summed E-state index contributed by atoms with van der Waals surface area (Å²) in [4.78, 5) is 26.6. The van der Waals surface area contributed by atoms with E-state index in [0.717, 1.165) is 5.01 Å². The van der Waals surface area contributed by atoms with Crippen LogP contribution in [0.1, 0.15) is 27.7 Å². The molecule has 0 saturated carbocycles. The van der Waals surface area contributed by atoms with Gasteiger partial charge in [0.15, 0.2) is 11.5 Å². The van der Waals surface area contributed by atoms with Crippen LogP contribution in [0.25, 0.3) is 0 Å². The van der Waals surface area contributed by atoms with Crippen LogP contribution in [0.4, 0.5) is 5.69 Å². The van der Waals surface area contributed by atoms with Gasteiger partial charge in [-0.1, -0.05) is 11.3 Å². The lowest BCUT2D eigenvalue weighted by Crippen LogP contribution is -2.41. The van der Waals surface area contributed by atoms with Crippen molar-refractivity contribution in [3.63, 3.8) is 0 Å². The second-order valence-electron chi connectivity index (χ2n) is 6.25. The van der Waals surface area contributed by atoms with Crippen LogP contribution in [0.15, 0.2) is 18.2 Å². The summed E-state index contributed by atoms with van der Waals surface area (Å²) in [6, 6.07) is 5.34. The lowest BCUT2D eigenvalue weighted by Gasteiger charge is -2.30. The Morgan fingerprint density at radius 3 is 2.69 bits per heavy atom. The number of hydrogen-bond donors (Lipinski definition) is 1. The van der Waals surface area contributed by atoms with E-state index in [1.165, 1.54) is 11.3 Å². The van der Waals surface area contributed by atoms with E-state index in [9.17, 15) is 9.59 Å². The molecule has 0 bridgehead atoms. The first-order chi connectivity index (χ1) is 12.6. The zero-order chi connectivity index (χ0) is 18.1. The van der Waals surface area contributed by atoms with Crippen LogP contribution in [0.5, 0.6) is 11.5 Å². The number of rotatable bonds is 3. The van der Waals surface area contributed by atoms with Gasteiger partial charge in [-0.05, 0) is 31.9 Å². The average molecular weight is 374 g/mol. The van der Waals surface area contributed by atoms with Gasteiger partial charge in [-0.3, -0.25) is 9.59 Å². The number of carbonyl (C=O) groups is 2. The minimum Gasteiger partial charge on any atom is -0.454 e. The Bertz CT molecular complexity index is 845. The quantitative estimate of drug-likeness (QED) is 0.884. The van der Waals surface area contributed by atoms with Crippen LogP contribution in [-0.2, 0) is 4.79 Å². The molecular formula is C17H18N4O4S.